The lowest BCUT2D eigenvalue weighted by Gasteiger charge is -2.23. The minimum Gasteiger partial charge on any atom is -0.368 e. The van der Waals surface area contributed by atoms with Crippen molar-refractivity contribution in [3.05, 3.63) is 35.9 Å². The quantitative estimate of drug-likeness (QED) is 0.678. The first-order valence-electron chi connectivity index (χ1n) is 7.22. The number of nitrogens with one attached hydrogen (secondary N) is 2. The van der Waals surface area contributed by atoms with Crippen molar-refractivity contribution in [1.29, 1.82) is 0 Å². The van der Waals surface area contributed by atoms with Crippen molar-refractivity contribution < 1.29 is 14.4 Å². The molecule has 4 N–H and O–H groups in total. The Morgan fingerprint density at radius 1 is 1.09 bits per heavy atom. The Labute approximate surface area is 130 Å². The zero-order valence-electron chi connectivity index (χ0n) is 13.1. The summed E-state index contributed by atoms with van der Waals surface area (Å²) in [7, 11) is 0. The molecule has 0 unspecified atom stereocenters. The van der Waals surface area contributed by atoms with Crippen LogP contribution in [-0.2, 0) is 20.8 Å². The molecule has 22 heavy (non-hydrogen) atoms. The molecular weight excluding hydrogens is 282 g/mol. The van der Waals surface area contributed by atoms with E-state index in [-0.39, 0.29) is 11.8 Å². The molecule has 1 aromatic rings. The number of nitrogens with two attached hydrogens (primary N) is 1. The number of benzene rings is 1. The normalized spacial score (nSPS) is 13.3. The molecule has 3 amide bonds. The van der Waals surface area contributed by atoms with Gasteiger partial charge in [-0.05, 0) is 11.5 Å². The molecule has 6 heteroatoms. The summed E-state index contributed by atoms with van der Waals surface area (Å²) in [6.45, 7) is 4.93. The van der Waals surface area contributed by atoms with E-state index in [0.29, 0.717) is 6.42 Å². The van der Waals surface area contributed by atoms with E-state index in [1.54, 1.807) is 13.8 Å². The molecule has 0 aromatic heterocycles. The van der Waals surface area contributed by atoms with E-state index in [0.717, 1.165) is 5.56 Å². The van der Waals surface area contributed by atoms with Gasteiger partial charge in [0.2, 0.25) is 17.7 Å². The molecule has 0 radical (unpaired) electrons. The highest BCUT2D eigenvalue weighted by Crippen LogP contribution is 2.06. The standard InChI is InChI=1S/C16H23N3O3/c1-10(2)14(15(17)21)19-16(22)13(18-11(3)20)9-12-7-5-4-6-8-12/h4-8,10,13-14H,9H2,1-3H3,(H2,17,21)(H,18,20)(H,19,22)/t13-,14+/m1/s1. The van der Waals surface area contributed by atoms with Gasteiger partial charge < -0.3 is 16.4 Å². The zero-order valence-corrected chi connectivity index (χ0v) is 13.1. The van der Waals surface area contributed by atoms with Crippen molar-refractivity contribution in [2.24, 2.45) is 11.7 Å². The Morgan fingerprint density at radius 3 is 2.14 bits per heavy atom. The van der Waals surface area contributed by atoms with Crippen LogP contribution in [-0.4, -0.2) is 29.8 Å². The lowest BCUT2D eigenvalue weighted by molar-refractivity contribution is -0.131. The zero-order chi connectivity index (χ0) is 16.7. The molecule has 0 bridgehead atoms. The van der Waals surface area contributed by atoms with E-state index < -0.39 is 23.9 Å². The SMILES string of the molecule is CC(=O)N[C@H](Cc1ccccc1)C(=O)N[C@H](C(N)=O)C(C)C. The second-order valence-corrected chi connectivity index (χ2v) is 5.58. The molecular formula is C16H23N3O3. The number of carbonyl (C=O) groups is 3. The topological polar surface area (TPSA) is 101 Å². The Balaban J connectivity index is 2.84. The van der Waals surface area contributed by atoms with Crippen LogP contribution < -0.4 is 16.4 Å². The van der Waals surface area contributed by atoms with Crippen LogP contribution in [0.25, 0.3) is 0 Å². The second-order valence-electron chi connectivity index (χ2n) is 5.58. The van der Waals surface area contributed by atoms with Gasteiger partial charge >= 0.3 is 0 Å². The summed E-state index contributed by atoms with van der Waals surface area (Å²) in [6, 6.07) is 7.82. The molecule has 120 valence electrons. The molecule has 0 saturated heterocycles. The Kier molecular flexibility index (Phi) is 6.56. The van der Waals surface area contributed by atoms with Gasteiger partial charge in [0.15, 0.2) is 0 Å². The molecule has 0 heterocycles. The Bertz CT molecular complexity index is 529. The molecule has 6 nitrogen and oxygen atoms in total. The van der Waals surface area contributed by atoms with Crippen LogP contribution in [0.1, 0.15) is 26.3 Å². The van der Waals surface area contributed by atoms with Crippen LogP contribution >= 0.6 is 0 Å². The summed E-state index contributed by atoms with van der Waals surface area (Å²) in [5, 5.41) is 5.22. The highest BCUT2D eigenvalue weighted by molar-refractivity contribution is 5.91. The monoisotopic (exact) mass is 305 g/mol. The molecule has 1 rings (SSSR count). The molecule has 0 aliphatic rings. The number of hydrogen-bond donors (Lipinski definition) is 3. The fraction of sp³-hybridized carbons (Fsp3) is 0.438. The largest absolute Gasteiger partial charge is 0.368 e. The van der Waals surface area contributed by atoms with Crippen molar-refractivity contribution in [2.45, 2.75) is 39.3 Å². The van der Waals surface area contributed by atoms with E-state index in [9.17, 15) is 14.4 Å². The van der Waals surface area contributed by atoms with Gasteiger partial charge in [0.1, 0.15) is 12.1 Å². The highest BCUT2D eigenvalue weighted by atomic mass is 16.2. The number of primary amides is 1. The predicted molar refractivity (Wildman–Crippen MR) is 83.7 cm³/mol. The van der Waals surface area contributed by atoms with Crippen molar-refractivity contribution in [2.75, 3.05) is 0 Å². The van der Waals surface area contributed by atoms with Crippen LogP contribution in [0.2, 0.25) is 0 Å². The second kappa shape index (κ2) is 8.17. The number of rotatable bonds is 7. The van der Waals surface area contributed by atoms with Crippen LogP contribution in [0.4, 0.5) is 0 Å². The molecule has 0 spiro atoms. The van der Waals surface area contributed by atoms with Crippen LogP contribution in [0, 0.1) is 5.92 Å². The van der Waals surface area contributed by atoms with E-state index in [4.69, 9.17) is 5.73 Å². The van der Waals surface area contributed by atoms with Crippen molar-refractivity contribution in [3.63, 3.8) is 0 Å². The summed E-state index contributed by atoms with van der Waals surface area (Å²) >= 11 is 0. The maximum atomic E-state index is 12.4. The number of carbonyl (C=O) groups excluding carboxylic acids is 3. The fourth-order valence-electron chi connectivity index (χ4n) is 2.12. The van der Waals surface area contributed by atoms with Crippen molar-refractivity contribution in [3.8, 4) is 0 Å². The molecule has 0 fully saturated rings. The average molecular weight is 305 g/mol. The minimum atomic E-state index is -0.764. The van der Waals surface area contributed by atoms with Crippen molar-refractivity contribution in [1.82, 2.24) is 10.6 Å². The molecule has 0 saturated carbocycles. The summed E-state index contributed by atoms with van der Waals surface area (Å²) < 4.78 is 0. The first-order chi connectivity index (χ1) is 10.3. The molecule has 0 aliphatic heterocycles. The maximum Gasteiger partial charge on any atom is 0.243 e. The molecule has 1 aromatic carbocycles. The molecule has 2 atom stereocenters. The first-order valence-corrected chi connectivity index (χ1v) is 7.22. The van der Waals surface area contributed by atoms with Gasteiger partial charge in [-0.2, -0.15) is 0 Å². The summed E-state index contributed by atoms with van der Waals surface area (Å²) in [6.07, 6.45) is 0.343. The average Bonchev–Trinajstić information content (AvgIpc) is 2.43. The third-order valence-corrected chi connectivity index (χ3v) is 3.25. The van der Waals surface area contributed by atoms with Crippen LogP contribution in [0.5, 0.6) is 0 Å². The number of amides is 3. The van der Waals surface area contributed by atoms with Gasteiger partial charge in [0.05, 0.1) is 0 Å². The maximum absolute atomic E-state index is 12.4. The first kappa shape index (κ1) is 17.7. The highest BCUT2D eigenvalue weighted by Gasteiger charge is 2.26. The van der Waals surface area contributed by atoms with Gasteiger partial charge in [0, 0.05) is 13.3 Å². The summed E-state index contributed by atoms with van der Waals surface area (Å²) in [5.74, 6) is -1.45. The summed E-state index contributed by atoms with van der Waals surface area (Å²) in [5.41, 5.74) is 6.21. The van der Waals surface area contributed by atoms with Crippen LogP contribution in [0.15, 0.2) is 30.3 Å². The third kappa shape index (κ3) is 5.55. The van der Waals surface area contributed by atoms with E-state index >= 15 is 0 Å². The van der Waals surface area contributed by atoms with Gasteiger partial charge in [0.25, 0.3) is 0 Å². The Hall–Kier alpha value is -2.37. The summed E-state index contributed by atoms with van der Waals surface area (Å²) in [4.78, 5) is 35.1. The van der Waals surface area contributed by atoms with E-state index in [1.807, 2.05) is 30.3 Å². The van der Waals surface area contributed by atoms with E-state index in [1.165, 1.54) is 6.92 Å². The van der Waals surface area contributed by atoms with Gasteiger partial charge in [-0.3, -0.25) is 14.4 Å². The van der Waals surface area contributed by atoms with E-state index in [2.05, 4.69) is 10.6 Å². The van der Waals surface area contributed by atoms with Crippen LogP contribution in [0.3, 0.4) is 0 Å². The lowest BCUT2D eigenvalue weighted by Crippen LogP contribution is -2.55. The predicted octanol–water partition coefficient (Wildman–Crippen LogP) is 0.360. The van der Waals surface area contributed by atoms with Crippen molar-refractivity contribution >= 4 is 17.7 Å². The minimum absolute atomic E-state index is 0.129. The van der Waals surface area contributed by atoms with Gasteiger partial charge in [-0.25, -0.2) is 0 Å². The van der Waals surface area contributed by atoms with Gasteiger partial charge in [-0.15, -0.1) is 0 Å². The third-order valence-electron chi connectivity index (χ3n) is 3.25. The number of hydrogen-bond acceptors (Lipinski definition) is 3. The Morgan fingerprint density at radius 2 is 1.68 bits per heavy atom. The fourth-order valence-corrected chi connectivity index (χ4v) is 2.12. The van der Waals surface area contributed by atoms with Gasteiger partial charge in [-0.1, -0.05) is 44.2 Å². The molecule has 0 aliphatic carbocycles. The smallest absolute Gasteiger partial charge is 0.243 e. The lowest BCUT2D eigenvalue weighted by atomic mass is 10.0.